The summed E-state index contributed by atoms with van der Waals surface area (Å²) in [4.78, 5) is 16.3. The Hall–Kier alpha value is -0.650. The number of hydrogen-bond donors (Lipinski definition) is 2. The van der Waals surface area contributed by atoms with Crippen LogP contribution in [-0.4, -0.2) is 67.6 Å². The summed E-state index contributed by atoms with van der Waals surface area (Å²) in [5.74, 6) is -0.273. The van der Waals surface area contributed by atoms with E-state index in [1.807, 2.05) is 6.92 Å². The Bertz CT molecular complexity index is 328. The van der Waals surface area contributed by atoms with Crippen LogP contribution in [0.15, 0.2) is 0 Å². The fraction of sp³-hybridized carbons (Fsp3) is 0.933. The molecule has 1 unspecified atom stereocenters. The molecule has 1 atom stereocenters. The van der Waals surface area contributed by atoms with Crippen LogP contribution < -0.4 is 11.1 Å². The highest BCUT2D eigenvalue weighted by Gasteiger charge is 2.41. The molecule has 1 rings (SSSR count). The lowest BCUT2D eigenvalue weighted by molar-refractivity contribution is -0.124. The van der Waals surface area contributed by atoms with Crippen molar-refractivity contribution in [3.05, 3.63) is 0 Å². The molecular weight excluding hydrogens is 252 g/mol. The molecule has 0 aromatic rings. The van der Waals surface area contributed by atoms with Crippen LogP contribution in [-0.2, 0) is 4.79 Å². The molecule has 1 aliphatic carbocycles. The average Bonchev–Trinajstić information content (AvgIpc) is 2.30. The number of likely N-dealkylation sites (N-methyl/N-ethyl adjacent to an activating group) is 2. The van der Waals surface area contributed by atoms with Crippen LogP contribution in [0.1, 0.15) is 39.5 Å². The van der Waals surface area contributed by atoms with Crippen molar-refractivity contribution in [2.45, 2.75) is 50.6 Å². The molecule has 1 fully saturated rings. The van der Waals surface area contributed by atoms with Crippen molar-refractivity contribution in [2.24, 2.45) is 5.73 Å². The fourth-order valence-corrected chi connectivity index (χ4v) is 3.05. The second-order valence-corrected chi connectivity index (χ2v) is 6.77. The number of carbonyl (C=O) groups is 1. The molecule has 0 heterocycles. The summed E-state index contributed by atoms with van der Waals surface area (Å²) >= 11 is 0. The van der Waals surface area contributed by atoms with Crippen molar-refractivity contribution >= 4 is 5.91 Å². The van der Waals surface area contributed by atoms with E-state index in [-0.39, 0.29) is 11.4 Å². The number of hydrogen-bond acceptors (Lipinski definition) is 4. The SMILES string of the molecule is CCCNC(C)(CN(C)CC1(N(C)C)CCC1)C(N)=O. The van der Waals surface area contributed by atoms with E-state index in [1.165, 1.54) is 19.3 Å². The predicted octanol–water partition coefficient (Wildman–Crippen LogP) is 0.646. The Morgan fingerprint density at radius 3 is 2.30 bits per heavy atom. The number of carbonyl (C=O) groups excluding carboxylic acids is 1. The number of amides is 1. The van der Waals surface area contributed by atoms with Crippen LogP contribution in [0.4, 0.5) is 0 Å². The van der Waals surface area contributed by atoms with Crippen LogP contribution in [0.2, 0.25) is 0 Å². The lowest BCUT2D eigenvalue weighted by atomic mass is 9.75. The van der Waals surface area contributed by atoms with Crippen LogP contribution >= 0.6 is 0 Å². The molecule has 1 aliphatic rings. The van der Waals surface area contributed by atoms with Gasteiger partial charge in [0.15, 0.2) is 0 Å². The maximum atomic E-state index is 11.8. The van der Waals surface area contributed by atoms with Crippen molar-refractivity contribution < 1.29 is 4.79 Å². The van der Waals surface area contributed by atoms with Crippen LogP contribution in [0.25, 0.3) is 0 Å². The number of primary amides is 1. The van der Waals surface area contributed by atoms with E-state index in [2.05, 4.69) is 43.2 Å². The number of nitrogens with one attached hydrogen (secondary N) is 1. The molecule has 1 amide bonds. The molecule has 0 saturated heterocycles. The Morgan fingerprint density at radius 2 is 1.95 bits per heavy atom. The smallest absolute Gasteiger partial charge is 0.238 e. The number of rotatable bonds is 9. The minimum Gasteiger partial charge on any atom is -0.368 e. The van der Waals surface area contributed by atoms with Crippen molar-refractivity contribution in [1.82, 2.24) is 15.1 Å². The molecule has 20 heavy (non-hydrogen) atoms. The van der Waals surface area contributed by atoms with E-state index in [4.69, 9.17) is 5.73 Å². The van der Waals surface area contributed by atoms with Crippen molar-refractivity contribution in [3.8, 4) is 0 Å². The number of nitrogens with zero attached hydrogens (tertiary/aromatic N) is 2. The molecular formula is C15H32N4O. The second kappa shape index (κ2) is 6.87. The van der Waals surface area contributed by atoms with Gasteiger partial charge in [0, 0.05) is 18.6 Å². The van der Waals surface area contributed by atoms with E-state index < -0.39 is 5.54 Å². The van der Waals surface area contributed by atoms with E-state index in [0.717, 1.165) is 19.5 Å². The van der Waals surface area contributed by atoms with Gasteiger partial charge in [0.05, 0.1) is 0 Å². The van der Waals surface area contributed by atoms with E-state index in [1.54, 1.807) is 0 Å². The third kappa shape index (κ3) is 3.93. The third-order valence-electron chi connectivity index (χ3n) is 4.69. The summed E-state index contributed by atoms with van der Waals surface area (Å²) in [5.41, 5.74) is 5.22. The Labute approximate surface area is 123 Å². The Balaban J connectivity index is 2.62. The zero-order valence-corrected chi connectivity index (χ0v) is 13.8. The molecule has 0 bridgehead atoms. The first-order valence-corrected chi connectivity index (χ1v) is 7.67. The van der Waals surface area contributed by atoms with Gasteiger partial charge in [-0.25, -0.2) is 0 Å². The molecule has 5 heteroatoms. The van der Waals surface area contributed by atoms with Gasteiger partial charge in [0.1, 0.15) is 5.54 Å². The summed E-state index contributed by atoms with van der Waals surface area (Å²) in [5, 5.41) is 3.30. The molecule has 0 aromatic heterocycles. The highest BCUT2D eigenvalue weighted by molar-refractivity contribution is 5.84. The van der Waals surface area contributed by atoms with Gasteiger partial charge >= 0.3 is 0 Å². The summed E-state index contributed by atoms with van der Waals surface area (Å²) in [6.45, 7) is 6.44. The largest absolute Gasteiger partial charge is 0.368 e. The minimum atomic E-state index is -0.651. The fourth-order valence-electron chi connectivity index (χ4n) is 3.05. The van der Waals surface area contributed by atoms with Crippen LogP contribution in [0.5, 0.6) is 0 Å². The molecule has 0 aliphatic heterocycles. The van der Waals surface area contributed by atoms with E-state index in [9.17, 15) is 4.79 Å². The third-order valence-corrected chi connectivity index (χ3v) is 4.69. The molecule has 5 nitrogen and oxygen atoms in total. The van der Waals surface area contributed by atoms with Crippen molar-refractivity contribution in [1.29, 1.82) is 0 Å². The van der Waals surface area contributed by atoms with E-state index in [0.29, 0.717) is 6.54 Å². The quantitative estimate of drug-likeness (QED) is 0.652. The van der Waals surface area contributed by atoms with Gasteiger partial charge in [0.2, 0.25) is 5.91 Å². The average molecular weight is 284 g/mol. The topological polar surface area (TPSA) is 61.6 Å². The summed E-state index contributed by atoms with van der Waals surface area (Å²) in [6.07, 6.45) is 4.77. The van der Waals surface area contributed by atoms with Gasteiger partial charge in [-0.1, -0.05) is 6.92 Å². The van der Waals surface area contributed by atoms with Crippen molar-refractivity contribution in [3.63, 3.8) is 0 Å². The van der Waals surface area contributed by atoms with Crippen LogP contribution in [0.3, 0.4) is 0 Å². The van der Waals surface area contributed by atoms with Gasteiger partial charge < -0.3 is 20.9 Å². The van der Waals surface area contributed by atoms with Crippen LogP contribution in [0, 0.1) is 0 Å². The highest BCUT2D eigenvalue weighted by Crippen LogP contribution is 2.36. The summed E-state index contributed by atoms with van der Waals surface area (Å²) < 4.78 is 0. The number of nitrogens with two attached hydrogens (primary N) is 1. The monoisotopic (exact) mass is 284 g/mol. The van der Waals surface area contributed by atoms with Gasteiger partial charge in [-0.05, 0) is 60.3 Å². The molecule has 118 valence electrons. The summed E-state index contributed by atoms with van der Waals surface area (Å²) in [6, 6.07) is 0. The normalized spacial score (nSPS) is 20.8. The zero-order chi connectivity index (χ0) is 15.4. The molecule has 3 N–H and O–H groups in total. The van der Waals surface area contributed by atoms with Gasteiger partial charge in [-0.15, -0.1) is 0 Å². The molecule has 0 radical (unpaired) electrons. The second-order valence-electron chi connectivity index (χ2n) is 6.77. The first kappa shape index (κ1) is 17.4. The molecule has 0 aromatic carbocycles. The van der Waals surface area contributed by atoms with E-state index >= 15 is 0 Å². The minimum absolute atomic E-state index is 0.273. The molecule has 0 spiro atoms. The maximum Gasteiger partial charge on any atom is 0.238 e. The Kier molecular flexibility index (Phi) is 5.98. The first-order valence-electron chi connectivity index (χ1n) is 7.67. The molecule has 1 saturated carbocycles. The highest BCUT2D eigenvalue weighted by atomic mass is 16.1. The zero-order valence-electron chi connectivity index (χ0n) is 13.8. The van der Waals surface area contributed by atoms with Gasteiger partial charge in [-0.2, -0.15) is 0 Å². The van der Waals surface area contributed by atoms with Crippen molar-refractivity contribution in [2.75, 3.05) is 40.8 Å². The van der Waals surface area contributed by atoms with Gasteiger partial charge in [0.25, 0.3) is 0 Å². The first-order chi connectivity index (χ1) is 9.26. The summed E-state index contributed by atoms with van der Waals surface area (Å²) in [7, 11) is 6.38. The van der Waals surface area contributed by atoms with Gasteiger partial charge in [-0.3, -0.25) is 4.79 Å². The maximum absolute atomic E-state index is 11.8. The Morgan fingerprint density at radius 1 is 1.35 bits per heavy atom. The standard InChI is InChI=1S/C15H32N4O/c1-6-10-17-14(2,13(16)20)11-19(5)12-15(18(3)4)8-7-9-15/h17H,6-12H2,1-5H3,(H2,16,20). The lowest BCUT2D eigenvalue weighted by Gasteiger charge is -2.50. The lowest BCUT2D eigenvalue weighted by Crippen LogP contribution is -2.63. The predicted molar refractivity (Wildman–Crippen MR) is 83.7 cm³/mol.